The maximum atomic E-state index is 11.3. The highest BCUT2D eigenvalue weighted by Gasteiger charge is 2.19. The number of anilines is 1. The summed E-state index contributed by atoms with van der Waals surface area (Å²) < 4.78 is 0. The van der Waals surface area contributed by atoms with Crippen molar-refractivity contribution in [2.24, 2.45) is 5.73 Å². The fraction of sp³-hybridized carbons (Fsp3) is 0.533. The number of aryl methyl sites for hydroxylation is 1. The van der Waals surface area contributed by atoms with Crippen molar-refractivity contribution in [3.63, 3.8) is 0 Å². The van der Waals surface area contributed by atoms with E-state index >= 15 is 0 Å². The van der Waals surface area contributed by atoms with Crippen LogP contribution in [-0.4, -0.2) is 32.1 Å². The zero-order valence-corrected chi connectivity index (χ0v) is 12.4. The van der Waals surface area contributed by atoms with Gasteiger partial charge in [-0.15, -0.1) is 0 Å². The molecule has 0 spiro atoms. The molecule has 0 aliphatic rings. The predicted octanol–water partition coefficient (Wildman–Crippen LogP) is 1.54. The van der Waals surface area contributed by atoms with Gasteiger partial charge in [-0.3, -0.25) is 4.79 Å². The molecule has 4 heteroatoms. The minimum absolute atomic E-state index is 0.0426. The highest BCUT2D eigenvalue weighted by molar-refractivity contribution is 5.78. The summed E-state index contributed by atoms with van der Waals surface area (Å²) >= 11 is 0. The van der Waals surface area contributed by atoms with Crippen LogP contribution in [0.1, 0.15) is 25.8 Å². The molecule has 0 saturated carbocycles. The lowest BCUT2D eigenvalue weighted by molar-refractivity contribution is -0.121. The monoisotopic (exact) mass is 263 g/mol. The molecule has 0 saturated heterocycles. The second-order valence-corrected chi connectivity index (χ2v) is 5.70. The Kier molecular flexibility index (Phi) is 5.36. The zero-order valence-electron chi connectivity index (χ0n) is 12.4. The van der Waals surface area contributed by atoms with Crippen molar-refractivity contribution in [1.82, 2.24) is 5.32 Å². The minimum Gasteiger partial charge on any atom is -0.378 e. The lowest BCUT2D eigenvalue weighted by Crippen LogP contribution is -2.46. The molecule has 1 amide bonds. The third kappa shape index (κ3) is 5.30. The Morgan fingerprint density at radius 2 is 1.84 bits per heavy atom. The van der Waals surface area contributed by atoms with Gasteiger partial charge in [0.25, 0.3) is 0 Å². The van der Waals surface area contributed by atoms with Crippen molar-refractivity contribution >= 4 is 11.6 Å². The molecule has 0 aliphatic carbocycles. The van der Waals surface area contributed by atoms with Crippen molar-refractivity contribution in [2.45, 2.75) is 32.2 Å². The molecular weight excluding hydrogens is 238 g/mol. The van der Waals surface area contributed by atoms with Crippen molar-refractivity contribution in [3.05, 3.63) is 29.8 Å². The predicted molar refractivity (Wildman–Crippen MR) is 80.4 cm³/mol. The number of hydrogen-bond donors (Lipinski definition) is 2. The van der Waals surface area contributed by atoms with Crippen LogP contribution in [0.2, 0.25) is 0 Å². The number of nitrogens with one attached hydrogen (secondary N) is 1. The second kappa shape index (κ2) is 6.57. The fourth-order valence-corrected chi connectivity index (χ4v) is 1.91. The molecule has 0 bridgehead atoms. The topological polar surface area (TPSA) is 58.4 Å². The SMILES string of the molecule is CN(C)c1ccc(CCC(C)(C)NC(=O)CN)cc1. The highest BCUT2D eigenvalue weighted by Crippen LogP contribution is 2.17. The second-order valence-electron chi connectivity index (χ2n) is 5.70. The number of nitrogens with zero attached hydrogens (tertiary/aromatic N) is 1. The van der Waals surface area contributed by atoms with Gasteiger partial charge in [-0.05, 0) is 44.4 Å². The Morgan fingerprint density at radius 1 is 1.26 bits per heavy atom. The lowest BCUT2D eigenvalue weighted by atomic mass is 9.95. The number of amides is 1. The highest BCUT2D eigenvalue weighted by atomic mass is 16.1. The van der Waals surface area contributed by atoms with Crippen LogP contribution in [0.4, 0.5) is 5.69 Å². The number of nitrogens with two attached hydrogens (primary N) is 1. The minimum atomic E-state index is -0.226. The Balaban J connectivity index is 2.54. The van der Waals surface area contributed by atoms with E-state index in [2.05, 4.69) is 34.5 Å². The smallest absolute Gasteiger partial charge is 0.234 e. The fourth-order valence-electron chi connectivity index (χ4n) is 1.91. The summed E-state index contributed by atoms with van der Waals surface area (Å²) in [4.78, 5) is 13.4. The molecule has 1 rings (SSSR count). The van der Waals surface area contributed by atoms with Crippen LogP contribution in [0.3, 0.4) is 0 Å². The normalized spacial score (nSPS) is 11.2. The van der Waals surface area contributed by atoms with Crippen LogP contribution >= 0.6 is 0 Å². The standard InChI is InChI=1S/C15H25N3O/c1-15(2,17-14(19)11-16)10-9-12-5-7-13(8-6-12)18(3)4/h5-8H,9-11,16H2,1-4H3,(H,17,19). The van der Waals surface area contributed by atoms with Crippen LogP contribution < -0.4 is 16.0 Å². The van der Waals surface area contributed by atoms with Crippen molar-refractivity contribution in [3.8, 4) is 0 Å². The quantitative estimate of drug-likeness (QED) is 0.818. The molecular formula is C15H25N3O. The molecule has 0 heterocycles. The van der Waals surface area contributed by atoms with Gasteiger partial charge in [-0.25, -0.2) is 0 Å². The summed E-state index contributed by atoms with van der Waals surface area (Å²) in [7, 11) is 4.06. The Hall–Kier alpha value is -1.55. The van der Waals surface area contributed by atoms with Crippen LogP contribution in [-0.2, 0) is 11.2 Å². The molecule has 19 heavy (non-hydrogen) atoms. The van der Waals surface area contributed by atoms with E-state index in [1.165, 1.54) is 11.3 Å². The third-order valence-corrected chi connectivity index (χ3v) is 3.15. The van der Waals surface area contributed by atoms with E-state index < -0.39 is 0 Å². The number of carbonyl (C=O) groups is 1. The van der Waals surface area contributed by atoms with Gasteiger partial charge in [0.05, 0.1) is 6.54 Å². The molecule has 3 N–H and O–H groups in total. The molecule has 0 radical (unpaired) electrons. The van der Waals surface area contributed by atoms with Crippen molar-refractivity contribution in [1.29, 1.82) is 0 Å². The van der Waals surface area contributed by atoms with Gasteiger partial charge in [0.15, 0.2) is 0 Å². The molecule has 1 aromatic carbocycles. The maximum Gasteiger partial charge on any atom is 0.234 e. The summed E-state index contributed by atoms with van der Waals surface area (Å²) in [6.07, 6.45) is 1.83. The van der Waals surface area contributed by atoms with E-state index in [1.54, 1.807) is 0 Å². The molecule has 4 nitrogen and oxygen atoms in total. The van der Waals surface area contributed by atoms with E-state index in [4.69, 9.17) is 5.73 Å². The molecule has 0 atom stereocenters. The molecule has 106 valence electrons. The summed E-state index contributed by atoms with van der Waals surface area (Å²) in [5, 5.41) is 2.93. The average Bonchev–Trinajstić information content (AvgIpc) is 2.36. The number of benzene rings is 1. The summed E-state index contributed by atoms with van der Waals surface area (Å²) in [5.41, 5.74) is 7.56. The van der Waals surface area contributed by atoms with Crippen LogP contribution in [0, 0.1) is 0 Å². The average molecular weight is 263 g/mol. The number of carbonyl (C=O) groups excluding carboxylic acids is 1. The van der Waals surface area contributed by atoms with Crippen LogP contribution in [0.5, 0.6) is 0 Å². The van der Waals surface area contributed by atoms with Crippen molar-refractivity contribution in [2.75, 3.05) is 25.5 Å². The third-order valence-electron chi connectivity index (χ3n) is 3.15. The van der Waals surface area contributed by atoms with Crippen LogP contribution in [0.25, 0.3) is 0 Å². The van der Waals surface area contributed by atoms with E-state index in [0.717, 1.165) is 12.8 Å². The van der Waals surface area contributed by atoms with Gasteiger partial charge in [-0.2, -0.15) is 0 Å². The first kappa shape index (κ1) is 15.5. The first-order valence-electron chi connectivity index (χ1n) is 6.61. The summed E-state index contributed by atoms with van der Waals surface area (Å²) in [5.74, 6) is -0.104. The Morgan fingerprint density at radius 3 is 2.32 bits per heavy atom. The number of hydrogen-bond acceptors (Lipinski definition) is 3. The number of rotatable bonds is 6. The summed E-state index contributed by atoms with van der Waals surface area (Å²) in [6.45, 7) is 4.09. The van der Waals surface area contributed by atoms with E-state index in [1.807, 2.05) is 27.9 Å². The zero-order chi connectivity index (χ0) is 14.5. The molecule has 0 fully saturated rings. The van der Waals surface area contributed by atoms with Crippen molar-refractivity contribution < 1.29 is 4.79 Å². The van der Waals surface area contributed by atoms with Crippen LogP contribution in [0.15, 0.2) is 24.3 Å². The van der Waals surface area contributed by atoms with Gasteiger partial charge in [-0.1, -0.05) is 12.1 Å². The van der Waals surface area contributed by atoms with Gasteiger partial charge in [0.2, 0.25) is 5.91 Å². The largest absolute Gasteiger partial charge is 0.378 e. The molecule has 0 unspecified atom stereocenters. The van der Waals surface area contributed by atoms with Gasteiger partial charge in [0.1, 0.15) is 0 Å². The van der Waals surface area contributed by atoms with E-state index in [9.17, 15) is 4.79 Å². The van der Waals surface area contributed by atoms with Gasteiger partial charge < -0.3 is 16.0 Å². The lowest BCUT2D eigenvalue weighted by Gasteiger charge is -2.26. The van der Waals surface area contributed by atoms with E-state index in [0.29, 0.717) is 0 Å². The molecule has 1 aromatic rings. The van der Waals surface area contributed by atoms with Gasteiger partial charge in [0, 0.05) is 25.3 Å². The molecule has 0 aromatic heterocycles. The maximum absolute atomic E-state index is 11.3. The summed E-state index contributed by atoms with van der Waals surface area (Å²) in [6, 6.07) is 8.49. The molecule has 0 aliphatic heterocycles. The Bertz CT molecular complexity index is 410. The first-order valence-corrected chi connectivity index (χ1v) is 6.61. The Labute approximate surface area is 116 Å². The first-order chi connectivity index (χ1) is 8.84. The van der Waals surface area contributed by atoms with Gasteiger partial charge >= 0.3 is 0 Å². The van der Waals surface area contributed by atoms with E-state index in [-0.39, 0.29) is 18.0 Å².